The summed E-state index contributed by atoms with van der Waals surface area (Å²) in [6.45, 7) is 0.913. The molecule has 32 valence electrons. The Bertz CT molecular complexity index is 20.8. The molecular weight excluding hydrogens is 197 g/mol. The first kappa shape index (κ1) is 7.05. The normalized spacial score (nSPS) is 9.00. The molecule has 3 heteroatoms. The zero-order chi connectivity index (χ0) is 4.83. The average molecular weight is 203 g/mol. The summed E-state index contributed by atoms with van der Waals surface area (Å²) in [6.07, 6.45) is 1.19. The van der Waals surface area contributed by atoms with Gasteiger partial charge in [-0.15, -0.1) is 0 Å². The van der Waals surface area contributed by atoms with Crippen LogP contribution in [0, 0.1) is 0 Å². The Morgan fingerprint density at radius 3 is 2.33 bits per heavy atom. The van der Waals surface area contributed by atoms with Crippen molar-refractivity contribution in [2.24, 2.45) is 0 Å². The molecule has 0 atom stereocenters. The predicted molar refractivity (Wildman–Crippen MR) is 26.9 cm³/mol. The van der Waals surface area contributed by atoms with Crippen LogP contribution in [-0.2, 0) is 3.76 Å². The molecule has 0 rings (SSSR count). The van der Waals surface area contributed by atoms with E-state index in [0.717, 1.165) is 6.61 Å². The van der Waals surface area contributed by atoms with Gasteiger partial charge < -0.3 is 0 Å². The van der Waals surface area contributed by atoms with Crippen LogP contribution in [0.1, 0.15) is 6.42 Å². The first-order valence-electron chi connectivity index (χ1n) is 1.85. The van der Waals surface area contributed by atoms with Gasteiger partial charge in [-0.25, -0.2) is 0 Å². The van der Waals surface area contributed by atoms with E-state index in [0.29, 0.717) is 0 Å². The van der Waals surface area contributed by atoms with Crippen LogP contribution >= 0.6 is 0 Å². The summed E-state index contributed by atoms with van der Waals surface area (Å²) in [4.78, 5) is 0. The van der Waals surface area contributed by atoms with E-state index in [2.05, 4.69) is 16.5 Å². The zero-order valence-electron chi connectivity index (χ0n) is 3.53. The van der Waals surface area contributed by atoms with Crippen molar-refractivity contribution in [2.45, 2.75) is 11.7 Å². The summed E-state index contributed by atoms with van der Waals surface area (Å²) >= 11 is 3.88. The molecule has 0 unspecified atom stereocenters. The van der Waals surface area contributed by atoms with E-state index in [1.807, 2.05) is 0 Å². The van der Waals surface area contributed by atoms with E-state index in [9.17, 15) is 0 Å². The minimum atomic E-state index is 0.913. The van der Waals surface area contributed by atoms with Gasteiger partial charge in [0.2, 0.25) is 0 Å². The Morgan fingerprint density at radius 1 is 1.50 bits per heavy atom. The van der Waals surface area contributed by atoms with Crippen molar-refractivity contribution in [1.29, 1.82) is 0 Å². The predicted octanol–water partition coefficient (Wildman–Crippen LogP) is 0.0634. The molecule has 0 aliphatic heterocycles. The average Bonchev–Trinajstić information content (AvgIpc) is 1.61. The van der Waals surface area contributed by atoms with Crippen LogP contribution in [0.25, 0.3) is 0 Å². The van der Waals surface area contributed by atoms with E-state index in [4.69, 9.17) is 3.76 Å². The summed E-state index contributed by atoms with van der Waals surface area (Å²) in [5.74, 6) is 0. The fraction of sp³-hybridized carbons (Fsp3) is 1.00. The molecule has 0 heterocycles. The van der Waals surface area contributed by atoms with Gasteiger partial charge in [-0.05, 0) is 0 Å². The van der Waals surface area contributed by atoms with E-state index >= 15 is 0 Å². The molecule has 0 fully saturated rings. The van der Waals surface area contributed by atoms with E-state index < -0.39 is 0 Å². The summed E-state index contributed by atoms with van der Waals surface area (Å²) < 4.78 is 4.78. The van der Waals surface area contributed by atoms with Gasteiger partial charge in [0.1, 0.15) is 0 Å². The molecule has 6 heavy (non-hydrogen) atoms. The van der Waals surface area contributed by atoms with Crippen LogP contribution in [0.3, 0.4) is 0 Å². The van der Waals surface area contributed by atoms with Crippen molar-refractivity contribution in [2.75, 3.05) is 6.61 Å². The number of hydrogen-bond donors (Lipinski definition) is 0. The van der Waals surface area contributed by atoms with E-state index in [1.165, 1.54) is 11.7 Å². The zero-order valence-corrected chi connectivity index (χ0v) is 7.73. The molecule has 0 N–H and O–H groups in total. The molecule has 0 aromatic heterocycles. The molecule has 0 aromatic carbocycles. The molecule has 0 aliphatic rings. The summed E-state index contributed by atoms with van der Waals surface area (Å²) in [5, 5.41) is 1.23. The fourth-order valence-electron chi connectivity index (χ4n) is 0.144. The van der Waals surface area contributed by atoms with E-state index in [-0.39, 0.29) is 0 Å². The molecule has 0 amide bonds. The van der Waals surface area contributed by atoms with Gasteiger partial charge in [0.25, 0.3) is 0 Å². The van der Waals surface area contributed by atoms with Crippen LogP contribution in [0.4, 0.5) is 0 Å². The van der Waals surface area contributed by atoms with Crippen molar-refractivity contribution < 1.29 is 3.76 Å². The Hall–Kier alpha value is 1.05. The maximum atomic E-state index is 4.78. The topological polar surface area (TPSA) is 9.23 Å². The minimum absolute atomic E-state index is 0.913. The third kappa shape index (κ3) is 5.05. The van der Waals surface area contributed by atoms with Gasteiger partial charge in [0.05, 0.1) is 0 Å². The second-order valence-corrected chi connectivity index (χ2v) is 2.61. The van der Waals surface area contributed by atoms with Gasteiger partial charge >= 0.3 is 55.4 Å². The molecule has 0 saturated heterocycles. The van der Waals surface area contributed by atoms with Crippen LogP contribution < -0.4 is 0 Å². The van der Waals surface area contributed by atoms with Crippen LogP contribution in [0.2, 0.25) is 5.25 Å². The quantitative estimate of drug-likeness (QED) is 0.466. The fourth-order valence-corrected chi connectivity index (χ4v) is 0.750. The molecule has 0 spiro atoms. The van der Waals surface area contributed by atoms with Gasteiger partial charge in [0, 0.05) is 0 Å². The first-order chi connectivity index (χ1) is 2.91. The molecule has 6 radical (unpaired) electrons. The third-order valence-corrected chi connectivity index (χ3v) is 1.59. The van der Waals surface area contributed by atoms with Crippen molar-refractivity contribution in [3.05, 3.63) is 0 Å². The van der Waals surface area contributed by atoms with Crippen LogP contribution in [0.15, 0.2) is 0 Å². The number of hydrogen-bond acceptors (Lipinski definition) is 1. The summed E-state index contributed by atoms with van der Waals surface area (Å²) in [7, 11) is 0. The molecule has 0 bridgehead atoms. The third-order valence-electron chi connectivity index (χ3n) is 0.423. The standard InChI is InChI=1S/C3H6Ge2O/c4-2-1-3-6-5/h1-3H2. The van der Waals surface area contributed by atoms with Crippen molar-refractivity contribution in [3.8, 4) is 0 Å². The maximum absolute atomic E-state index is 4.78. The number of rotatable bonds is 3. The van der Waals surface area contributed by atoms with Crippen molar-refractivity contribution in [1.82, 2.24) is 0 Å². The van der Waals surface area contributed by atoms with Gasteiger partial charge in [-0.2, -0.15) is 0 Å². The molecule has 0 aliphatic carbocycles. The SMILES string of the molecule is [Ge][CH2]CC[O][Ge]. The van der Waals surface area contributed by atoms with Crippen LogP contribution in [0.5, 0.6) is 0 Å². The van der Waals surface area contributed by atoms with Crippen LogP contribution in [-0.4, -0.2) is 40.0 Å². The Morgan fingerprint density at radius 2 is 2.17 bits per heavy atom. The Balaban J connectivity index is 2.34. The molecular formula is C3H6Ge2O. The van der Waals surface area contributed by atoms with Gasteiger partial charge in [-0.1, -0.05) is 0 Å². The Labute approximate surface area is 55.6 Å². The Kier molecular flexibility index (Phi) is 7.10. The second-order valence-electron chi connectivity index (χ2n) is 0.952. The molecule has 0 saturated carbocycles. The second kappa shape index (κ2) is 6.05. The monoisotopic (exact) mass is 206 g/mol. The van der Waals surface area contributed by atoms with Crippen molar-refractivity contribution >= 4 is 33.4 Å². The summed E-state index contributed by atoms with van der Waals surface area (Å²) in [6, 6.07) is 0. The van der Waals surface area contributed by atoms with E-state index in [1.54, 1.807) is 16.9 Å². The molecule has 1 nitrogen and oxygen atoms in total. The first-order valence-corrected chi connectivity index (χ1v) is 4.19. The van der Waals surface area contributed by atoms with Gasteiger partial charge in [-0.3, -0.25) is 0 Å². The summed E-state index contributed by atoms with van der Waals surface area (Å²) in [5.41, 5.74) is 0. The van der Waals surface area contributed by atoms with Crippen molar-refractivity contribution in [3.63, 3.8) is 0 Å². The van der Waals surface area contributed by atoms with Gasteiger partial charge in [0.15, 0.2) is 0 Å². The molecule has 0 aromatic rings.